The number of thiophene rings is 2. The molecule has 0 aliphatic carbocycles. The number of aliphatic hydroxyl groups excluding tert-OH is 1. The van der Waals surface area contributed by atoms with Crippen LogP contribution in [0.4, 0.5) is 0 Å². The van der Waals surface area contributed by atoms with Gasteiger partial charge in [0.15, 0.2) is 0 Å². The number of aryl methyl sites for hydroxylation is 2. The summed E-state index contributed by atoms with van der Waals surface area (Å²) in [6.07, 6.45) is -0.473. The fraction of sp³-hybridized carbons (Fsp3) is 0.273. The Morgan fingerprint density at radius 2 is 1.93 bits per heavy atom. The van der Waals surface area contributed by atoms with Crippen molar-refractivity contribution >= 4 is 38.6 Å². The topological polar surface area (TPSA) is 20.2 Å². The van der Waals surface area contributed by atoms with Crippen molar-refractivity contribution in [1.29, 1.82) is 0 Å². The van der Waals surface area contributed by atoms with E-state index in [1.54, 1.807) is 22.7 Å². The van der Waals surface area contributed by atoms with Gasteiger partial charge < -0.3 is 5.11 Å². The first-order chi connectivity index (χ1) is 7.08. The molecule has 0 bridgehead atoms. The van der Waals surface area contributed by atoms with Gasteiger partial charge in [0, 0.05) is 14.6 Å². The third kappa shape index (κ3) is 2.33. The molecule has 0 aliphatic heterocycles. The summed E-state index contributed by atoms with van der Waals surface area (Å²) in [7, 11) is 0. The smallest absolute Gasteiger partial charge is 0.122 e. The third-order valence-corrected chi connectivity index (χ3v) is 5.20. The molecule has 2 rings (SSSR count). The van der Waals surface area contributed by atoms with E-state index in [0.29, 0.717) is 0 Å². The Bertz CT molecular complexity index is 453. The average Bonchev–Trinajstić information content (AvgIpc) is 2.74. The summed E-state index contributed by atoms with van der Waals surface area (Å²) in [5.41, 5.74) is 1.25. The Kier molecular flexibility index (Phi) is 3.30. The standard InChI is InChI=1S/C11H11BrOS2/c1-6-5-9(14-7(6)2)11(13)8-3-4-10(12)15-8/h3-5,11,13H,1-2H3. The molecule has 15 heavy (non-hydrogen) atoms. The molecular weight excluding hydrogens is 292 g/mol. The van der Waals surface area contributed by atoms with Gasteiger partial charge in [-0.25, -0.2) is 0 Å². The van der Waals surface area contributed by atoms with Crippen molar-refractivity contribution in [1.82, 2.24) is 0 Å². The third-order valence-electron chi connectivity index (χ3n) is 2.32. The molecule has 0 radical (unpaired) electrons. The van der Waals surface area contributed by atoms with Crippen LogP contribution >= 0.6 is 38.6 Å². The fourth-order valence-corrected chi connectivity index (χ4v) is 3.90. The quantitative estimate of drug-likeness (QED) is 0.878. The summed E-state index contributed by atoms with van der Waals surface area (Å²) in [5.74, 6) is 0. The van der Waals surface area contributed by atoms with Gasteiger partial charge in [0.1, 0.15) is 6.10 Å². The van der Waals surface area contributed by atoms with Gasteiger partial charge in [0.25, 0.3) is 0 Å². The van der Waals surface area contributed by atoms with Crippen LogP contribution in [0.15, 0.2) is 22.0 Å². The molecule has 0 amide bonds. The summed E-state index contributed by atoms with van der Waals surface area (Å²) >= 11 is 6.65. The first kappa shape index (κ1) is 11.3. The Morgan fingerprint density at radius 3 is 2.40 bits per heavy atom. The highest BCUT2D eigenvalue weighted by atomic mass is 79.9. The Balaban J connectivity index is 2.31. The highest BCUT2D eigenvalue weighted by Crippen LogP contribution is 2.35. The lowest BCUT2D eigenvalue weighted by molar-refractivity contribution is 0.228. The number of hydrogen-bond donors (Lipinski definition) is 1. The van der Waals surface area contributed by atoms with E-state index < -0.39 is 6.10 Å². The van der Waals surface area contributed by atoms with Crippen LogP contribution in [0, 0.1) is 13.8 Å². The number of hydrogen-bond acceptors (Lipinski definition) is 3. The average molecular weight is 303 g/mol. The minimum atomic E-state index is -0.473. The van der Waals surface area contributed by atoms with E-state index in [9.17, 15) is 5.11 Å². The molecule has 0 saturated carbocycles. The van der Waals surface area contributed by atoms with Gasteiger partial charge in [-0.15, -0.1) is 22.7 Å². The van der Waals surface area contributed by atoms with Crippen molar-refractivity contribution < 1.29 is 5.11 Å². The van der Waals surface area contributed by atoms with Gasteiger partial charge in [0.05, 0.1) is 3.79 Å². The van der Waals surface area contributed by atoms with Crippen molar-refractivity contribution in [2.45, 2.75) is 20.0 Å². The summed E-state index contributed by atoms with van der Waals surface area (Å²) < 4.78 is 1.06. The molecule has 0 saturated heterocycles. The zero-order chi connectivity index (χ0) is 11.0. The van der Waals surface area contributed by atoms with Crippen molar-refractivity contribution in [2.75, 3.05) is 0 Å². The van der Waals surface area contributed by atoms with E-state index >= 15 is 0 Å². The predicted molar refractivity (Wildman–Crippen MR) is 69.9 cm³/mol. The monoisotopic (exact) mass is 302 g/mol. The molecule has 2 aromatic rings. The minimum absolute atomic E-state index is 0.473. The molecule has 1 atom stereocenters. The molecule has 0 aromatic carbocycles. The van der Waals surface area contributed by atoms with Gasteiger partial charge >= 0.3 is 0 Å². The summed E-state index contributed by atoms with van der Waals surface area (Å²) in [6.45, 7) is 4.16. The molecule has 1 nitrogen and oxygen atoms in total. The van der Waals surface area contributed by atoms with Gasteiger partial charge in [-0.2, -0.15) is 0 Å². The lowest BCUT2D eigenvalue weighted by atomic mass is 10.2. The molecule has 0 aliphatic rings. The van der Waals surface area contributed by atoms with Crippen LogP contribution in [-0.4, -0.2) is 5.11 Å². The molecule has 0 fully saturated rings. The summed E-state index contributed by atoms with van der Waals surface area (Å²) in [6, 6.07) is 6.00. The second-order valence-corrected chi connectivity index (χ2v) is 7.21. The number of aliphatic hydroxyl groups is 1. The van der Waals surface area contributed by atoms with Crippen LogP contribution in [0.3, 0.4) is 0 Å². The number of halogens is 1. The van der Waals surface area contributed by atoms with Crippen LogP contribution in [0.1, 0.15) is 26.3 Å². The van der Waals surface area contributed by atoms with E-state index in [4.69, 9.17) is 0 Å². The Morgan fingerprint density at radius 1 is 1.20 bits per heavy atom. The second kappa shape index (κ2) is 4.37. The summed E-state index contributed by atoms with van der Waals surface area (Å²) in [5, 5.41) is 10.1. The molecule has 2 heterocycles. The maximum absolute atomic E-state index is 10.1. The van der Waals surface area contributed by atoms with E-state index in [1.807, 2.05) is 12.1 Å². The zero-order valence-electron chi connectivity index (χ0n) is 8.45. The molecule has 2 aromatic heterocycles. The van der Waals surface area contributed by atoms with Crippen molar-refractivity contribution in [2.24, 2.45) is 0 Å². The van der Waals surface area contributed by atoms with Crippen LogP contribution in [0.25, 0.3) is 0 Å². The molecular formula is C11H11BrOS2. The first-order valence-corrected chi connectivity index (χ1v) is 7.01. The van der Waals surface area contributed by atoms with E-state index in [0.717, 1.165) is 13.5 Å². The van der Waals surface area contributed by atoms with Crippen LogP contribution in [0.2, 0.25) is 0 Å². The Labute approximate surface area is 106 Å². The maximum atomic E-state index is 10.1. The van der Waals surface area contributed by atoms with Gasteiger partial charge in [-0.05, 0) is 53.5 Å². The lowest BCUT2D eigenvalue weighted by Gasteiger charge is -2.04. The maximum Gasteiger partial charge on any atom is 0.122 e. The highest BCUT2D eigenvalue weighted by molar-refractivity contribution is 9.11. The van der Waals surface area contributed by atoms with Crippen molar-refractivity contribution in [3.05, 3.63) is 42.2 Å². The van der Waals surface area contributed by atoms with Crippen LogP contribution in [0.5, 0.6) is 0 Å². The van der Waals surface area contributed by atoms with Gasteiger partial charge in [0.2, 0.25) is 0 Å². The molecule has 0 spiro atoms. The van der Waals surface area contributed by atoms with Crippen LogP contribution in [-0.2, 0) is 0 Å². The SMILES string of the molecule is Cc1cc(C(O)c2ccc(Br)s2)sc1C. The van der Waals surface area contributed by atoms with Crippen molar-refractivity contribution in [3.63, 3.8) is 0 Å². The van der Waals surface area contributed by atoms with Gasteiger partial charge in [-0.3, -0.25) is 0 Å². The number of rotatable bonds is 2. The van der Waals surface area contributed by atoms with Gasteiger partial charge in [-0.1, -0.05) is 0 Å². The normalized spacial score (nSPS) is 13.1. The largest absolute Gasteiger partial charge is 0.382 e. The first-order valence-electron chi connectivity index (χ1n) is 4.58. The Hall–Kier alpha value is -0.160. The minimum Gasteiger partial charge on any atom is -0.382 e. The predicted octanol–water partition coefficient (Wildman–Crippen LogP) is 4.27. The highest BCUT2D eigenvalue weighted by Gasteiger charge is 2.15. The molecule has 4 heteroatoms. The molecule has 1 unspecified atom stereocenters. The molecule has 1 N–H and O–H groups in total. The zero-order valence-corrected chi connectivity index (χ0v) is 11.7. The van der Waals surface area contributed by atoms with E-state index in [2.05, 4.69) is 35.8 Å². The van der Waals surface area contributed by atoms with Crippen molar-refractivity contribution in [3.8, 4) is 0 Å². The fourth-order valence-electron chi connectivity index (χ4n) is 1.35. The lowest BCUT2D eigenvalue weighted by Crippen LogP contribution is -1.92. The second-order valence-electron chi connectivity index (χ2n) is 3.43. The van der Waals surface area contributed by atoms with E-state index in [1.165, 1.54) is 10.4 Å². The molecule has 80 valence electrons. The van der Waals surface area contributed by atoms with Crippen LogP contribution < -0.4 is 0 Å². The summed E-state index contributed by atoms with van der Waals surface area (Å²) in [4.78, 5) is 3.29. The van der Waals surface area contributed by atoms with E-state index in [-0.39, 0.29) is 0 Å².